The molecule has 96 valence electrons. The van der Waals surface area contributed by atoms with Gasteiger partial charge < -0.3 is 5.32 Å². The van der Waals surface area contributed by atoms with Crippen LogP contribution in [-0.4, -0.2) is 6.04 Å². The summed E-state index contributed by atoms with van der Waals surface area (Å²) in [6.07, 6.45) is 4.02. The van der Waals surface area contributed by atoms with Crippen LogP contribution in [-0.2, 0) is 0 Å². The number of benzene rings is 1. The molecule has 0 bridgehead atoms. The fourth-order valence-electron chi connectivity index (χ4n) is 2.38. The largest absolute Gasteiger partial charge is 0.378 e. The minimum Gasteiger partial charge on any atom is -0.378 e. The number of halogens is 2. The van der Waals surface area contributed by atoms with E-state index in [1.807, 2.05) is 0 Å². The van der Waals surface area contributed by atoms with E-state index in [4.69, 9.17) is 5.26 Å². The van der Waals surface area contributed by atoms with Crippen LogP contribution < -0.4 is 5.32 Å². The monoisotopic (exact) mass is 250 g/mol. The zero-order valence-corrected chi connectivity index (χ0v) is 10.3. The van der Waals surface area contributed by atoms with Crippen molar-refractivity contribution >= 4 is 5.69 Å². The van der Waals surface area contributed by atoms with Crippen LogP contribution in [0.4, 0.5) is 14.5 Å². The van der Waals surface area contributed by atoms with Crippen molar-refractivity contribution < 1.29 is 8.78 Å². The van der Waals surface area contributed by atoms with Crippen LogP contribution in [0.15, 0.2) is 12.1 Å². The first kappa shape index (κ1) is 12.8. The second-order valence-electron chi connectivity index (χ2n) is 5.03. The van der Waals surface area contributed by atoms with Crippen molar-refractivity contribution in [2.75, 3.05) is 5.32 Å². The van der Waals surface area contributed by atoms with Crippen LogP contribution in [0.1, 0.15) is 38.2 Å². The maximum Gasteiger partial charge on any atom is 0.150 e. The summed E-state index contributed by atoms with van der Waals surface area (Å²) in [6.45, 7) is 2.19. The summed E-state index contributed by atoms with van der Waals surface area (Å²) >= 11 is 0. The number of hydrogen-bond acceptors (Lipinski definition) is 2. The van der Waals surface area contributed by atoms with Gasteiger partial charge in [-0.05, 0) is 43.7 Å². The third-order valence-corrected chi connectivity index (χ3v) is 3.54. The predicted molar refractivity (Wildman–Crippen MR) is 66.1 cm³/mol. The number of nitrogens with zero attached hydrogens (tertiary/aromatic N) is 1. The van der Waals surface area contributed by atoms with Crippen molar-refractivity contribution in [2.45, 2.75) is 38.6 Å². The van der Waals surface area contributed by atoms with Gasteiger partial charge in [0.25, 0.3) is 0 Å². The Kier molecular flexibility index (Phi) is 3.81. The van der Waals surface area contributed by atoms with Crippen LogP contribution in [0, 0.1) is 28.9 Å². The third kappa shape index (κ3) is 2.79. The average molecular weight is 250 g/mol. The molecule has 0 saturated heterocycles. The lowest BCUT2D eigenvalue weighted by molar-refractivity contribution is 0.359. The summed E-state index contributed by atoms with van der Waals surface area (Å²) in [5.41, 5.74) is -0.0960. The number of nitriles is 1. The molecule has 0 atom stereocenters. The Balaban J connectivity index is 2.12. The maximum atomic E-state index is 13.7. The van der Waals surface area contributed by atoms with Crippen molar-refractivity contribution in [1.29, 1.82) is 5.26 Å². The van der Waals surface area contributed by atoms with Gasteiger partial charge in [0, 0.05) is 6.04 Å². The van der Waals surface area contributed by atoms with Crippen molar-refractivity contribution in [3.8, 4) is 6.07 Å². The van der Waals surface area contributed by atoms with Gasteiger partial charge in [-0.1, -0.05) is 6.92 Å². The highest BCUT2D eigenvalue weighted by molar-refractivity contribution is 5.51. The molecule has 0 amide bonds. The molecule has 1 N–H and O–H groups in total. The molecular formula is C14H16F2N2. The molecule has 1 saturated carbocycles. The maximum absolute atomic E-state index is 13.7. The summed E-state index contributed by atoms with van der Waals surface area (Å²) in [5, 5.41) is 11.6. The summed E-state index contributed by atoms with van der Waals surface area (Å²) in [7, 11) is 0. The molecule has 1 aliphatic carbocycles. The zero-order chi connectivity index (χ0) is 13.1. The fourth-order valence-corrected chi connectivity index (χ4v) is 2.38. The molecule has 1 aromatic rings. The summed E-state index contributed by atoms with van der Waals surface area (Å²) in [4.78, 5) is 0. The van der Waals surface area contributed by atoms with Gasteiger partial charge in [-0.3, -0.25) is 0 Å². The van der Waals surface area contributed by atoms with Crippen LogP contribution in [0.2, 0.25) is 0 Å². The summed E-state index contributed by atoms with van der Waals surface area (Å²) < 4.78 is 27.4. The van der Waals surface area contributed by atoms with Crippen LogP contribution in [0.5, 0.6) is 0 Å². The second kappa shape index (κ2) is 5.34. The molecule has 1 aromatic carbocycles. The average Bonchev–Trinajstić information content (AvgIpc) is 2.35. The van der Waals surface area contributed by atoms with Crippen LogP contribution in [0.25, 0.3) is 0 Å². The van der Waals surface area contributed by atoms with Gasteiger partial charge in [0.1, 0.15) is 5.69 Å². The number of rotatable bonds is 2. The van der Waals surface area contributed by atoms with E-state index in [1.54, 1.807) is 6.07 Å². The summed E-state index contributed by atoms with van der Waals surface area (Å²) in [6, 6.07) is 3.99. The normalized spacial score (nSPS) is 23.4. The Morgan fingerprint density at radius 2 is 1.72 bits per heavy atom. The van der Waals surface area contributed by atoms with E-state index >= 15 is 0 Å². The lowest BCUT2D eigenvalue weighted by Crippen LogP contribution is -2.26. The van der Waals surface area contributed by atoms with E-state index in [0.717, 1.165) is 37.8 Å². The SMILES string of the molecule is CC1CCC(Nc2c(F)cc(C#N)cc2F)CC1. The molecule has 0 unspecified atom stereocenters. The van der Waals surface area contributed by atoms with E-state index in [1.165, 1.54) is 0 Å². The molecule has 0 aliphatic heterocycles. The lowest BCUT2D eigenvalue weighted by atomic mass is 9.87. The molecular weight excluding hydrogens is 234 g/mol. The lowest BCUT2D eigenvalue weighted by Gasteiger charge is -2.28. The Morgan fingerprint density at radius 3 is 2.22 bits per heavy atom. The molecule has 0 radical (unpaired) electrons. The topological polar surface area (TPSA) is 35.8 Å². The Hall–Kier alpha value is -1.63. The molecule has 1 fully saturated rings. The molecule has 18 heavy (non-hydrogen) atoms. The second-order valence-corrected chi connectivity index (χ2v) is 5.03. The fraction of sp³-hybridized carbons (Fsp3) is 0.500. The minimum absolute atomic E-state index is 0.00724. The first-order valence-corrected chi connectivity index (χ1v) is 6.26. The van der Waals surface area contributed by atoms with Crippen molar-refractivity contribution in [3.63, 3.8) is 0 Å². The zero-order valence-electron chi connectivity index (χ0n) is 10.3. The van der Waals surface area contributed by atoms with Gasteiger partial charge >= 0.3 is 0 Å². The predicted octanol–water partition coefficient (Wildman–Crippen LogP) is 3.83. The van der Waals surface area contributed by atoms with E-state index in [-0.39, 0.29) is 17.3 Å². The van der Waals surface area contributed by atoms with Gasteiger partial charge in [0.2, 0.25) is 0 Å². The highest BCUT2D eigenvalue weighted by Gasteiger charge is 2.20. The molecule has 2 nitrogen and oxygen atoms in total. The van der Waals surface area contributed by atoms with Crippen molar-refractivity contribution in [2.24, 2.45) is 5.92 Å². The molecule has 0 heterocycles. The van der Waals surface area contributed by atoms with Crippen molar-refractivity contribution in [3.05, 3.63) is 29.3 Å². The van der Waals surface area contributed by atoms with Crippen LogP contribution >= 0.6 is 0 Å². The molecule has 0 spiro atoms. The highest BCUT2D eigenvalue weighted by Crippen LogP contribution is 2.28. The smallest absolute Gasteiger partial charge is 0.150 e. The van der Waals surface area contributed by atoms with Crippen molar-refractivity contribution in [1.82, 2.24) is 0 Å². The van der Waals surface area contributed by atoms with E-state index in [2.05, 4.69) is 12.2 Å². The molecule has 1 aliphatic rings. The van der Waals surface area contributed by atoms with Gasteiger partial charge in [-0.15, -0.1) is 0 Å². The van der Waals surface area contributed by atoms with E-state index in [9.17, 15) is 8.78 Å². The molecule has 4 heteroatoms. The standard InChI is InChI=1S/C14H16F2N2/c1-9-2-4-11(5-3-9)18-14-12(15)6-10(8-17)7-13(14)16/h6-7,9,11,18H,2-5H2,1H3. The van der Waals surface area contributed by atoms with Gasteiger partial charge in [0.15, 0.2) is 11.6 Å². The van der Waals surface area contributed by atoms with E-state index < -0.39 is 11.6 Å². The molecule has 0 aromatic heterocycles. The number of nitrogens with one attached hydrogen (secondary N) is 1. The number of anilines is 1. The first-order valence-electron chi connectivity index (χ1n) is 6.26. The highest BCUT2D eigenvalue weighted by atomic mass is 19.1. The quantitative estimate of drug-likeness (QED) is 0.866. The third-order valence-electron chi connectivity index (χ3n) is 3.54. The molecule has 2 rings (SSSR count). The van der Waals surface area contributed by atoms with E-state index in [0.29, 0.717) is 5.92 Å². The Bertz CT molecular complexity index is 448. The minimum atomic E-state index is -0.690. The van der Waals surface area contributed by atoms with Gasteiger partial charge in [0.05, 0.1) is 11.6 Å². The van der Waals surface area contributed by atoms with Gasteiger partial charge in [-0.2, -0.15) is 5.26 Å². The van der Waals surface area contributed by atoms with Crippen LogP contribution in [0.3, 0.4) is 0 Å². The number of hydrogen-bond donors (Lipinski definition) is 1. The Morgan fingerprint density at radius 1 is 1.17 bits per heavy atom. The Labute approximate surface area is 106 Å². The first-order chi connectivity index (χ1) is 8.60. The summed E-state index contributed by atoms with van der Waals surface area (Å²) in [5.74, 6) is -0.686. The van der Waals surface area contributed by atoms with Gasteiger partial charge in [-0.25, -0.2) is 8.78 Å².